The Morgan fingerprint density at radius 3 is 1.06 bits per heavy atom. The summed E-state index contributed by atoms with van der Waals surface area (Å²) in [6.45, 7) is 7.77. The first-order chi connectivity index (χ1) is 34.6. The molecule has 1 aliphatic rings. The minimum atomic E-state index is -0.366. The van der Waals surface area contributed by atoms with Crippen molar-refractivity contribution in [2.24, 2.45) is 0 Å². The quantitative estimate of drug-likeness (QED) is 0.151. The van der Waals surface area contributed by atoms with Crippen LogP contribution in [0.4, 0.5) is 34.1 Å². The van der Waals surface area contributed by atoms with E-state index in [2.05, 4.69) is 0 Å². The van der Waals surface area contributed by atoms with Crippen LogP contribution in [0, 0.1) is 48.6 Å². The molecule has 0 radical (unpaired) electrons. The molecule has 0 aliphatic heterocycles. The molecule has 2 heteroatoms. The zero-order valence-corrected chi connectivity index (χ0v) is 34.8. The van der Waals surface area contributed by atoms with E-state index in [4.69, 9.17) is 0 Å². The van der Waals surface area contributed by atoms with Crippen LogP contribution < -0.4 is 9.80 Å². The van der Waals surface area contributed by atoms with Gasteiger partial charge in [0.05, 0.1) is 13.7 Å². The summed E-state index contributed by atoms with van der Waals surface area (Å²) in [5.74, 6) is 0. The maximum Gasteiger partial charge on any atom is 0.0651 e. The molecule has 0 amide bonds. The Balaban J connectivity index is 1.22. The van der Waals surface area contributed by atoms with Crippen LogP contribution in [0.15, 0.2) is 206 Å². The van der Waals surface area contributed by atoms with Crippen LogP contribution >= 0.6 is 0 Å². The first kappa shape index (κ1) is 28.0. The van der Waals surface area contributed by atoms with E-state index in [1.54, 1.807) is 9.80 Å². The lowest BCUT2D eigenvalue weighted by Gasteiger charge is -2.29. The fraction of sp³-hybridized carbons (Fsp3) is 0.0667. The fourth-order valence-electron chi connectivity index (χ4n) is 8.52. The summed E-state index contributed by atoms with van der Waals surface area (Å²) >= 11 is 0. The van der Waals surface area contributed by atoms with E-state index in [0.29, 0.717) is 22.7 Å². The molecular weight excluding hydrogens is 749 g/mol. The van der Waals surface area contributed by atoms with Gasteiger partial charge in [-0.3, -0.25) is 0 Å². The van der Waals surface area contributed by atoms with Gasteiger partial charge >= 0.3 is 0 Å². The second-order valence-electron chi connectivity index (χ2n) is 15.9. The second kappa shape index (κ2) is 15.1. The van der Waals surface area contributed by atoms with E-state index in [1.807, 2.05) is 173 Å². The number of benzene rings is 10. The molecule has 0 fully saturated rings. The Kier molecular flexibility index (Phi) is 6.81. The van der Waals surface area contributed by atoms with Crippen LogP contribution in [0.1, 0.15) is 36.0 Å². The number of fused-ring (bicyclic) bond motifs is 4. The van der Waals surface area contributed by atoms with Gasteiger partial charge in [-0.05, 0) is 187 Å². The summed E-state index contributed by atoms with van der Waals surface area (Å²) in [5, 5.41) is 0.205. The van der Waals surface area contributed by atoms with Gasteiger partial charge in [-0.25, -0.2) is 0 Å². The van der Waals surface area contributed by atoms with Crippen molar-refractivity contribution in [3.05, 3.63) is 249 Å². The number of hydrogen-bond acceptors (Lipinski definition) is 2. The molecule has 0 saturated heterocycles. The van der Waals surface area contributed by atoms with Crippen molar-refractivity contribution < 1.29 is 13.7 Å². The summed E-state index contributed by atoms with van der Waals surface area (Å²) in [5.41, 5.74) is 9.85. The highest BCUT2D eigenvalue weighted by atomic mass is 15.2. The topological polar surface area (TPSA) is 6.48 Å². The first-order valence-electron chi connectivity index (χ1n) is 25.8. The first-order valence-corrected chi connectivity index (χ1v) is 20.8. The summed E-state index contributed by atoms with van der Waals surface area (Å²) in [7, 11) is 0. The van der Waals surface area contributed by atoms with Crippen LogP contribution in [0.5, 0.6) is 0 Å². The van der Waals surface area contributed by atoms with Gasteiger partial charge < -0.3 is 9.80 Å². The molecule has 296 valence electrons. The highest BCUT2D eigenvalue weighted by Gasteiger charge is 2.20. The summed E-state index contributed by atoms with van der Waals surface area (Å²) < 4.78 is 97.8. The Bertz CT molecular complexity index is 3900. The molecule has 1 aliphatic carbocycles. The SMILES string of the molecule is [2H]c1c(N(c2ccccc2C)c2cc(-c3ccccc3)ccc2C)c([2H])c2c([2H])c3c(c([2H])c2c1[2H])=c1c([2H])c2c([2H])c([2H])c(N(c4ccccc4C)c4cc(-c5ccccc5)ccc4C)c([2H])c2c([2H])c1=3. The van der Waals surface area contributed by atoms with E-state index in [-0.39, 0.29) is 114 Å². The van der Waals surface area contributed by atoms with Gasteiger partial charge in [0.2, 0.25) is 0 Å². The third-order valence-corrected chi connectivity index (χ3v) is 11.9. The number of anilines is 6. The van der Waals surface area contributed by atoms with E-state index in [0.717, 1.165) is 44.5 Å². The van der Waals surface area contributed by atoms with Crippen LogP contribution in [-0.2, 0) is 0 Å². The summed E-state index contributed by atoms with van der Waals surface area (Å²) in [4.78, 5) is 3.61. The average Bonchev–Trinajstić information content (AvgIpc) is 3.37. The smallest absolute Gasteiger partial charge is 0.0651 e. The van der Waals surface area contributed by atoms with Crippen LogP contribution in [0.2, 0.25) is 0 Å². The monoisotopic (exact) mass is 804 g/mol. The highest BCUT2D eigenvalue weighted by Crippen LogP contribution is 2.43. The molecule has 0 aromatic heterocycles. The van der Waals surface area contributed by atoms with Gasteiger partial charge in [-0.15, -0.1) is 0 Å². The van der Waals surface area contributed by atoms with Gasteiger partial charge in [0.1, 0.15) is 0 Å². The molecule has 11 rings (SSSR count). The maximum atomic E-state index is 10.0. The molecule has 10 aromatic carbocycles. The summed E-state index contributed by atoms with van der Waals surface area (Å²) in [6, 6.07) is 44.1. The molecule has 0 saturated carbocycles. The number of aryl methyl sites for hydroxylation is 4. The number of hydrogen-bond donors (Lipinski definition) is 0. The molecular formula is C60H46N2. The lowest BCUT2D eigenvalue weighted by molar-refractivity contribution is 1.23. The minimum Gasteiger partial charge on any atom is -0.310 e. The molecule has 0 spiro atoms. The van der Waals surface area contributed by atoms with Crippen molar-refractivity contribution in [3.63, 3.8) is 0 Å². The van der Waals surface area contributed by atoms with E-state index in [9.17, 15) is 13.7 Å². The van der Waals surface area contributed by atoms with Crippen molar-refractivity contribution in [3.8, 4) is 22.3 Å². The molecule has 0 heterocycles. The van der Waals surface area contributed by atoms with E-state index >= 15 is 0 Å². The standard InChI is InChI=1S/C60H46N2/c1-39-15-11-13-21-57(39)61(59-37-47(25-23-41(59)3)43-17-7-5-8-18-43)51-29-27-45-33-53-54-34-46-28-30-52(32-50(46)36-56(54)55(53)35-49(45)31-51)62(58-22-14-12-16-40(58)2)60-38-48(26-24-42(60)4)44-19-9-6-10-20-44/h5-38H,1-4H3/i27D,28D,29D,30D,31D,32D,33D,34D,35D,36D. The molecule has 0 atom stereocenters. The second-order valence-corrected chi connectivity index (χ2v) is 15.9. The molecule has 0 unspecified atom stereocenters. The highest BCUT2D eigenvalue weighted by molar-refractivity contribution is 5.93. The van der Waals surface area contributed by atoms with Gasteiger partial charge in [0.15, 0.2) is 0 Å². The van der Waals surface area contributed by atoms with Gasteiger partial charge in [-0.2, -0.15) is 0 Å². The van der Waals surface area contributed by atoms with E-state index in [1.165, 1.54) is 0 Å². The Labute approximate surface area is 377 Å². The Morgan fingerprint density at radius 2 is 0.661 bits per heavy atom. The van der Waals surface area contributed by atoms with Crippen LogP contribution in [0.25, 0.3) is 43.8 Å². The fourth-order valence-corrected chi connectivity index (χ4v) is 8.52. The third-order valence-electron chi connectivity index (χ3n) is 11.9. The van der Waals surface area contributed by atoms with Crippen LogP contribution in [0.3, 0.4) is 0 Å². The van der Waals surface area contributed by atoms with Gasteiger partial charge in [0.25, 0.3) is 0 Å². The van der Waals surface area contributed by atoms with Crippen LogP contribution in [-0.4, -0.2) is 0 Å². The molecule has 0 N–H and O–H groups in total. The zero-order valence-electron chi connectivity index (χ0n) is 44.8. The van der Waals surface area contributed by atoms with Crippen molar-refractivity contribution in [2.75, 3.05) is 9.80 Å². The molecule has 0 bridgehead atoms. The van der Waals surface area contributed by atoms with E-state index < -0.39 is 0 Å². The lowest BCUT2D eigenvalue weighted by atomic mass is 9.94. The molecule has 2 nitrogen and oxygen atoms in total. The average molecular weight is 805 g/mol. The molecule has 10 aromatic rings. The van der Waals surface area contributed by atoms with Gasteiger partial charge in [-0.1, -0.05) is 133 Å². The number of nitrogens with zero attached hydrogens (tertiary/aromatic N) is 2. The normalized spacial score (nSPS) is 13.8. The number of para-hydroxylation sites is 2. The minimum absolute atomic E-state index is 0.0455. The predicted molar refractivity (Wildman–Crippen MR) is 262 cm³/mol. The van der Waals surface area contributed by atoms with Crippen molar-refractivity contribution >= 4 is 55.7 Å². The van der Waals surface area contributed by atoms with Crippen molar-refractivity contribution in [1.29, 1.82) is 0 Å². The van der Waals surface area contributed by atoms with Crippen molar-refractivity contribution in [1.82, 2.24) is 0 Å². The van der Waals surface area contributed by atoms with Crippen molar-refractivity contribution in [2.45, 2.75) is 27.7 Å². The largest absolute Gasteiger partial charge is 0.310 e. The lowest BCUT2D eigenvalue weighted by Crippen LogP contribution is -2.13. The molecule has 62 heavy (non-hydrogen) atoms. The third kappa shape index (κ3) is 6.44. The van der Waals surface area contributed by atoms with Gasteiger partial charge in [0, 0.05) is 34.1 Å². The Morgan fingerprint density at radius 1 is 0.306 bits per heavy atom. The summed E-state index contributed by atoms with van der Waals surface area (Å²) in [6.07, 6.45) is 0. The predicted octanol–water partition coefficient (Wildman–Crippen LogP) is 16.4. The number of rotatable bonds is 8. The maximum absolute atomic E-state index is 10.0. The Hall–Kier alpha value is -7.68. The zero-order chi connectivity index (χ0) is 50.6.